The Labute approximate surface area is 475 Å². The molecule has 0 aromatic rings. The van der Waals surface area contributed by atoms with Crippen molar-refractivity contribution in [3.05, 3.63) is 0 Å². The number of amides is 7. The van der Waals surface area contributed by atoms with E-state index >= 15 is 0 Å². The van der Waals surface area contributed by atoms with Gasteiger partial charge in [0.25, 0.3) is 0 Å². The van der Waals surface area contributed by atoms with Gasteiger partial charge in [0.15, 0.2) is 0 Å². The van der Waals surface area contributed by atoms with E-state index in [9.17, 15) is 71.9 Å². The van der Waals surface area contributed by atoms with Gasteiger partial charge in [0, 0.05) is 80.9 Å². The normalized spacial score (nSPS) is 7.85. The van der Waals surface area contributed by atoms with Crippen molar-refractivity contribution in [3.8, 4) is 0 Å². The molecule has 0 rings (SSSR count). The van der Waals surface area contributed by atoms with Crippen LogP contribution >= 0.6 is 0 Å². The highest BCUT2D eigenvalue weighted by Gasteiger charge is 2.02. The van der Waals surface area contributed by atoms with Gasteiger partial charge < -0.3 is 75.2 Å². The van der Waals surface area contributed by atoms with E-state index < -0.39 is 12.1 Å². The highest BCUT2D eigenvalue weighted by Crippen LogP contribution is 1.84. The maximum atomic E-state index is 10.3. The number of ether oxygens (including phenoxy) is 7. The van der Waals surface area contributed by atoms with E-state index in [4.69, 9.17) is 0 Å². The summed E-state index contributed by atoms with van der Waals surface area (Å²) in [4.78, 5) is 151. The number of esters is 3. The van der Waals surface area contributed by atoms with Gasteiger partial charge in [-0.15, -0.1) is 0 Å². The van der Waals surface area contributed by atoms with Crippen molar-refractivity contribution in [3.63, 3.8) is 0 Å². The Bertz CT molecular complexity index is 1470. The molecule has 0 atom stereocenters. The van der Waals surface area contributed by atoms with Crippen LogP contribution in [-0.2, 0) is 85.9 Å². The fourth-order valence-electron chi connectivity index (χ4n) is 2.56. The molecule has 0 fully saturated rings. The van der Waals surface area contributed by atoms with E-state index in [0.717, 1.165) is 6.54 Å². The quantitative estimate of drug-likeness (QED) is 0.0684. The van der Waals surface area contributed by atoms with Gasteiger partial charge in [-0.1, -0.05) is 20.8 Å². The third-order valence-electron chi connectivity index (χ3n) is 6.17. The summed E-state index contributed by atoms with van der Waals surface area (Å²) in [6, 6.07) is -0.123. The Balaban J connectivity index is -0.0000000632. The van der Waals surface area contributed by atoms with Crippen LogP contribution in [0.1, 0.15) is 149 Å². The van der Waals surface area contributed by atoms with E-state index in [-0.39, 0.29) is 96.1 Å². The number of urea groups is 1. The van der Waals surface area contributed by atoms with Crippen molar-refractivity contribution < 1.29 is 105 Å². The van der Waals surface area contributed by atoms with Crippen LogP contribution < -0.4 is 37.2 Å². The van der Waals surface area contributed by atoms with E-state index in [1.165, 1.54) is 84.1 Å². The molecule has 0 aliphatic rings. The summed E-state index contributed by atoms with van der Waals surface area (Å²) in [5.74, 6) is -1.08. The maximum Gasteiger partial charge on any atom is 0.507 e. The van der Waals surface area contributed by atoms with Crippen LogP contribution in [0.25, 0.3) is 0 Å². The van der Waals surface area contributed by atoms with E-state index in [1.54, 1.807) is 48.7 Å². The Hall–Kier alpha value is -7.75. The summed E-state index contributed by atoms with van der Waals surface area (Å²) in [5.41, 5.74) is 0. The van der Waals surface area contributed by atoms with Gasteiger partial charge in [-0.05, 0) is 76.2 Å². The van der Waals surface area contributed by atoms with E-state index in [2.05, 4.69) is 70.4 Å². The van der Waals surface area contributed by atoms with Gasteiger partial charge in [0.2, 0.25) is 17.7 Å². The van der Waals surface area contributed by atoms with Gasteiger partial charge in [-0.2, -0.15) is 0 Å². The third kappa shape index (κ3) is 172. The van der Waals surface area contributed by atoms with Crippen LogP contribution in [0.5, 0.6) is 0 Å². The lowest BCUT2D eigenvalue weighted by atomic mass is 10.2. The monoisotopic (exact) mass is 1170 g/mol. The van der Waals surface area contributed by atoms with E-state index in [0.29, 0.717) is 52.2 Å². The molecule has 0 saturated heterocycles. The molecule has 0 aromatic heterocycles. The first kappa shape index (κ1) is 101. The van der Waals surface area contributed by atoms with Crippen molar-refractivity contribution >= 4 is 88.9 Å². The molecule has 0 saturated carbocycles. The van der Waals surface area contributed by atoms with Gasteiger partial charge in [-0.3, -0.25) is 47.9 Å². The first-order valence-electron chi connectivity index (χ1n) is 24.8. The SMILES string of the molecule is CC(=O)CC(C)=O.CCC(=O)NC.CCC(=O)OC.CCC(C)=O.CCNC(=O)NC.CCNC(=O)OC.CCNC(C)=O.CCOC(=O)NC.CCOC(=O)OC.CCOC(C)=O.CNC(=O)CC(C)=O.COC(=O)CC(C)=O. The molecule has 0 bridgehead atoms. The zero-order valence-corrected chi connectivity index (χ0v) is 52.5. The Morgan fingerprint density at radius 1 is 0.338 bits per heavy atom. The first-order chi connectivity index (χ1) is 37.1. The minimum Gasteiger partial charge on any atom is -0.469 e. The van der Waals surface area contributed by atoms with Crippen molar-refractivity contribution in [1.29, 1.82) is 0 Å². The molecule has 0 spiro atoms. The molecule has 29 heteroatoms. The van der Waals surface area contributed by atoms with Crippen molar-refractivity contribution in [2.24, 2.45) is 0 Å². The van der Waals surface area contributed by atoms with Crippen LogP contribution in [0.15, 0.2) is 0 Å². The minimum absolute atomic E-state index is 0.00347. The molecule has 0 unspecified atom stereocenters. The average Bonchev–Trinajstić information content (AvgIpc) is 3.39. The molecule has 0 radical (unpaired) electrons. The van der Waals surface area contributed by atoms with Crippen LogP contribution in [0.3, 0.4) is 0 Å². The zero-order chi connectivity index (χ0) is 66.0. The molecule has 7 N–H and O–H groups in total. The summed E-state index contributed by atoms with van der Waals surface area (Å²) >= 11 is 0. The second kappa shape index (κ2) is 87.9. The van der Waals surface area contributed by atoms with Crippen LogP contribution in [0.2, 0.25) is 0 Å². The number of nitrogens with one attached hydrogen (secondary N) is 7. The van der Waals surface area contributed by atoms with Gasteiger partial charge in [0.05, 0.1) is 61.1 Å². The lowest BCUT2D eigenvalue weighted by Crippen LogP contribution is -2.32. The lowest BCUT2D eigenvalue weighted by Gasteiger charge is -1.96. The Kier molecular flexibility index (Phi) is 111. The third-order valence-corrected chi connectivity index (χ3v) is 6.17. The second-order valence-corrected chi connectivity index (χ2v) is 13.6. The number of ketones is 5. The molecular formula is C51H103N7O22. The number of hydrogen-bond acceptors (Lipinski definition) is 22. The van der Waals surface area contributed by atoms with Gasteiger partial charge in [0.1, 0.15) is 35.3 Å². The molecule has 0 heterocycles. The van der Waals surface area contributed by atoms with Gasteiger partial charge in [-0.25, -0.2) is 19.2 Å². The number of alkyl carbamates (subject to hydrolysis) is 2. The topological polar surface area (TPSA) is 405 Å². The number of methoxy groups -OCH3 is 4. The smallest absolute Gasteiger partial charge is 0.469 e. The van der Waals surface area contributed by atoms with Gasteiger partial charge >= 0.3 is 42.3 Å². The molecule has 7 amide bonds. The van der Waals surface area contributed by atoms with Crippen LogP contribution in [0.4, 0.5) is 19.2 Å². The molecule has 0 aromatic carbocycles. The summed E-state index contributed by atoms with van der Waals surface area (Å²) in [5, 5.41) is 17.1. The summed E-state index contributed by atoms with van der Waals surface area (Å²) < 4.78 is 30.0. The zero-order valence-electron chi connectivity index (χ0n) is 52.5. The summed E-state index contributed by atoms with van der Waals surface area (Å²) in [6.07, 6.45) is 0.312. The number of hydrogen-bond donors (Lipinski definition) is 7. The average molecular weight is 1170 g/mol. The highest BCUT2D eigenvalue weighted by molar-refractivity contribution is 5.97. The summed E-state index contributed by atoms with van der Waals surface area (Å²) in [6.45, 7) is 29.6. The molecule has 0 aliphatic heterocycles. The maximum absolute atomic E-state index is 10.3. The van der Waals surface area contributed by atoms with Crippen molar-refractivity contribution in [2.45, 2.75) is 149 Å². The van der Waals surface area contributed by atoms with Crippen LogP contribution in [-0.4, -0.2) is 185 Å². The Morgan fingerprint density at radius 2 is 0.725 bits per heavy atom. The van der Waals surface area contributed by atoms with Crippen LogP contribution in [0, 0.1) is 0 Å². The number of carbonyl (C=O) groups excluding carboxylic acids is 15. The molecule has 474 valence electrons. The predicted molar refractivity (Wildman–Crippen MR) is 301 cm³/mol. The molecular weight excluding hydrogens is 1060 g/mol. The second-order valence-electron chi connectivity index (χ2n) is 13.6. The number of carbonyl (C=O) groups is 15. The van der Waals surface area contributed by atoms with E-state index in [1.807, 2.05) is 34.6 Å². The standard InChI is InChI=1S/C5H9NO2.C5H8O3.C5H8O2.C4H10N2O.2C4H9NO2.2C4H9NO.C4H8O3.2C4H8O2.C4H8O/c1-4(7)3-5(8)6-2;1-4(6)3-5(7)8-2;1-4(6)3-5(2)7;1-3-6-4(7)5-2;1-3-5-4(6)7-2;1-3-7-4(6)5-2;1-3-4(6)5-2;1-3-5-4(2)6;1-3-7-4(5)6-2;1-3-4(5)6-2;1-3-6-4(2)5;1-3-4(2)5/h3H2,1-2H3,(H,6,8);3H2,1-2H3;3H2,1-2H3;3H2,1-2H3,(H2,5,6,7);2*3H2,1-2H3,(H,5,6);2*3H2,1-2H3,(H,5,6);3H2,1-2H3;2*3H2,1-2H3;3H2,1-2H3. The number of Topliss-reactive ketones (excluding diaryl/α,β-unsaturated/α-hetero) is 5. The Morgan fingerprint density at radius 3 is 0.800 bits per heavy atom. The molecule has 0 aliphatic carbocycles. The largest absolute Gasteiger partial charge is 0.507 e. The van der Waals surface area contributed by atoms with Crippen molar-refractivity contribution in [2.75, 3.05) is 96.1 Å². The van der Waals surface area contributed by atoms with Crippen molar-refractivity contribution in [1.82, 2.24) is 37.2 Å². The number of rotatable bonds is 15. The molecule has 29 nitrogen and oxygen atoms in total. The minimum atomic E-state index is -0.623. The summed E-state index contributed by atoms with van der Waals surface area (Å²) in [7, 11) is 11.5. The predicted octanol–water partition coefficient (Wildman–Crippen LogP) is 4.26. The molecule has 80 heavy (non-hydrogen) atoms. The first-order valence-corrected chi connectivity index (χ1v) is 24.8. The lowest BCUT2D eigenvalue weighted by molar-refractivity contribution is -0.143. The fraction of sp³-hybridized carbons (Fsp3) is 0.706. The fourth-order valence-corrected chi connectivity index (χ4v) is 2.56. The highest BCUT2D eigenvalue weighted by atomic mass is 16.7.